The molecule has 1 saturated heterocycles. The Morgan fingerprint density at radius 2 is 1.85 bits per heavy atom. The fourth-order valence-corrected chi connectivity index (χ4v) is 3.57. The minimum absolute atomic E-state index is 0.392. The summed E-state index contributed by atoms with van der Waals surface area (Å²) in [7, 11) is 0. The van der Waals surface area contributed by atoms with Gasteiger partial charge < -0.3 is 10.6 Å². The maximum absolute atomic E-state index is 12.8. The lowest BCUT2D eigenvalue weighted by atomic mass is 9.92. The Bertz CT molecular complexity index is 906. The number of carbonyl (C=O) groups excluding carboxylic acids is 3. The summed E-state index contributed by atoms with van der Waals surface area (Å²) in [4.78, 5) is 38.5. The van der Waals surface area contributed by atoms with Crippen molar-refractivity contribution < 1.29 is 14.4 Å². The number of halogens is 1. The predicted molar refractivity (Wildman–Crippen MR) is 104 cm³/mol. The summed E-state index contributed by atoms with van der Waals surface area (Å²) in [5.74, 6) is -0.967. The van der Waals surface area contributed by atoms with E-state index in [0.717, 1.165) is 16.0 Å². The third-order valence-electron chi connectivity index (χ3n) is 4.62. The third-order valence-corrected chi connectivity index (χ3v) is 4.92. The minimum Gasteiger partial charge on any atom is -0.323 e. The standard InChI is InChI=1S/C20H20ClN3O3/c1-12-9-13(2)17(15(21)10-12)22-16(25)11-24-18(26)20(3,23-19(24)27)14-7-5-4-6-8-14/h4-10H,11H2,1-3H3,(H,22,25)(H,23,27)/t20-/m0/s1. The Morgan fingerprint density at radius 3 is 2.48 bits per heavy atom. The van der Waals surface area contributed by atoms with E-state index >= 15 is 0 Å². The lowest BCUT2D eigenvalue weighted by Gasteiger charge is -2.22. The predicted octanol–water partition coefficient (Wildman–Crippen LogP) is 3.36. The van der Waals surface area contributed by atoms with Gasteiger partial charge in [-0.25, -0.2) is 4.79 Å². The lowest BCUT2D eigenvalue weighted by Crippen LogP contribution is -2.42. The molecule has 1 aliphatic heterocycles. The molecule has 7 heteroatoms. The summed E-state index contributed by atoms with van der Waals surface area (Å²) in [6.45, 7) is 4.97. The Balaban J connectivity index is 1.77. The smallest absolute Gasteiger partial charge is 0.323 e. The monoisotopic (exact) mass is 385 g/mol. The second-order valence-corrected chi connectivity index (χ2v) is 7.21. The number of hydrogen-bond donors (Lipinski definition) is 2. The van der Waals surface area contributed by atoms with E-state index in [1.165, 1.54) is 0 Å². The van der Waals surface area contributed by atoms with Gasteiger partial charge in [0, 0.05) is 0 Å². The van der Waals surface area contributed by atoms with Crippen LogP contribution in [-0.2, 0) is 15.1 Å². The molecule has 0 aliphatic carbocycles. The number of carbonyl (C=O) groups is 3. The van der Waals surface area contributed by atoms with E-state index in [9.17, 15) is 14.4 Å². The molecule has 0 spiro atoms. The third kappa shape index (κ3) is 3.53. The van der Waals surface area contributed by atoms with E-state index < -0.39 is 29.9 Å². The molecule has 2 aromatic rings. The van der Waals surface area contributed by atoms with Crippen molar-refractivity contribution in [2.45, 2.75) is 26.3 Å². The number of aryl methyl sites for hydroxylation is 2. The van der Waals surface area contributed by atoms with Crippen molar-refractivity contribution in [1.29, 1.82) is 0 Å². The van der Waals surface area contributed by atoms with Gasteiger partial charge >= 0.3 is 6.03 Å². The molecule has 6 nitrogen and oxygen atoms in total. The number of amides is 4. The molecule has 1 aliphatic rings. The van der Waals surface area contributed by atoms with Crippen molar-refractivity contribution in [3.05, 3.63) is 64.2 Å². The summed E-state index contributed by atoms with van der Waals surface area (Å²) in [5, 5.41) is 5.78. The van der Waals surface area contributed by atoms with Crippen molar-refractivity contribution in [3.8, 4) is 0 Å². The summed E-state index contributed by atoms with van der Waals surface area (Å²) in [6, 6.07) is 12.0. The number of hydrogen-bond acceptors (Lipinski definition) is 3. The Kier molecular flexibility index (Phi) is 4.93. The van der Waals surface area contributed by atoms with E-state index in [1.807, 2.05) is 26.0 Å². The first-order valence-electron chi connectivity index (χ1n) is 8.48. The molecular weight excluding hydrogens is 366 g/mol. The fraction of sp³-hybridized carbons (Fsp3) is 0.250. The summed E-state index contributed by atoms with van der Waals surface area (Å²) >= 11 is 6.20. The molecule has 1 atom stereocenters. The van der Waals surface area contributed by atoms with Crippen molar-refractivity contribution in [1.82, 2.24) is 10.2 Å². The largest absolute Gasteiger partial charge is 0.325 e. The molecular formula is C20H20ClN3O3. The molecule has 0 bridgehead atoms. The molecule has 2 aromatic carbocycles. The number of nitrogens with zero attached hydrogens (tertiary/aromatic N) is 1. The van der Waals surface area contributed by atoms with E-state index in [2.05, 4.69) is 10.6 Å². The van der Waals surface area contributed by atoms with Crippen LogP contribution in [0.4, 0.5) is 10.5 Å². The highest BCUT2D eigenvalue weighted by Gasteiger charge is 2.49. The van der Waals surface area contributed by atoms with Crippen molar-refractivity contribution in [2.24, 2.45) is 0 Å². The zero-order valence-electron chi connectivity index (χ0n) is 15.3. The Morgan fingerprint density at radius 1 is 1.19 bits per heavy atom. The fourth-order valence-electron chi connectivity index (χ4n) is 3.20. The maximum Gasteiger partial charge on any atom is 0.325 e. The van der Waals surface area contributed by atoms with Crippen molar-refractivity contribution in [3.63, 3.8) is 0 Å². The zero-order valence-corrected chi connectivity index (χ0v) is 16.1. The van der Waals surface area contributed by atoms with Gasteiger partial charge in [0.05, 0.1) is 10.7 Å². The van der Waals surface area contributed by atoms with Crippen LogP contribution in [-0.4, -0.2) is 29.3 Å². The molecule has 0 radical (unpaired) electrons. The van der Waals surface area contributed by atoms with Gasteiger partial charge in [-0.1, -0.05) is 48.0 Å². The summed E-state index contributed by atoms with van der Waals surface area (Å²) in [6.07, 6.45) is 0. The van der Waals surface area contributed by atoms with Crippen LogP contribution in [0, 0.1) is 13.8 Å². The molecule has 0 aromatic heterocycles. The van der Waals surface area contributed by atoms with Crippen molar-refractivity contribution in [2.75, 3.05) is 11.9 Å². The number of anilines is 1. The first-order valence-corrected chi connectivity index (χ1v) is 8.86. The maximum atomic E-state index is 12.8. The van der Waals surface area contributed by atoms with Crippen LogP contribution in [0.5, 0.6) is 0 Å². The average molecular weight is 386 g/mol. The molecule has 1 heterocycles. The number of imide groups is 1. The number of benzene rings is 2. The molecule has 1 fully saturated rings. The van der Waals surface area contributed by atoms with Gasteiger partial charge in [-0.3, -0.25) is 14.5 Å². The first-order chi connectivity index (χ1) is 12.7. The topological polar surface area (TPSA) is 78.5 Å². The molecule has 0 unspecified atom stereocenters. The molecule has 140 valence electrons. The molecule has 3 rings (SSSR count). The lowest BCUT2D eigenvalue weighted by molar-refractivity contribution is -0.133. The van der Waals surface area contributed by atoms with Crippen LogP contribution >= 0.6 is 11.6 Å². The molecule has 4 amide bonds. The van der Waals surface area contributed by atoms with Crippen LogP contribution in [0.3, 0.4) is 0 Å². The SMILES string of the molecule is Cc1cc(C)c(NC(=O)CN2C(=O)N[C@@](C)(c3ccccc3)C2=O)c(Cl)c1. The summed E-state index contributed by atoms with van der Waals surface area (Å²) in [5.41, 5.74) is 1.72. The number of urea groups is 1. The van der Waals surface area contributed by atoms with E-state index in [4.69, 9.17) is 11.6 Å². The van der Waals surface area contributed by atoms with E-state index in [-0.39, 0.29) is 0 Å². The second-order valence-electron chi connectivity index (χ2n) is 6.80. The second kappa shape index (κ2) is 7.04. The van der Waals surface area contributed by atoms with Crippen LogP contribution < -0.4 is 10.6 Å². The Hall–Kier alpha value is -2.86. The highest BCUT2D eigenvalue weighted by Crippen LogP contribution is 2.30. The van der Waals surface area contributed by atoms with Gasteiger partial charge in [0.2, 0.25) is 5.91 Å². The molecule has 0 saturated carbocycles. The van der Waals surface area contributed by atoms with Crippen molar-refractivity contribution >= 4 is 35.1 Å². The highest BCUT2D eigenvalue weighted by molar-refractivity contribution is 6.34. The van der Waals surface area contributed by atoms with Crippen LogP contribution in [0.25, 0.3) is 0 Å². The normalized spacial score (nSPS) is 19.2. The molecule has 2 N–H and O–H groups in total. The quantitative estimate of drug-likeness (QED) is 0.792. The summed E-state index contributed by atoms with van der Waals surface area (Å²) < 4.78 is 0. The van der Waals surface area contributed by atoms with Gasteiger partial charge in [0.25, 0.3) is 5.91 Å². The molecule has 27 heavy (non-hydrogen) atoms. The van der Waals surface area contributed by atoms with Gasteiger partial charge in [-0.15, -0.1) is 0 Å². The Labute approximate surface area is 162 Å². The van der Waals surface area contributed by atoms with E-state index in [0.29, 0.717) is 16.3 Å². The van der Waals surface area contributed by atoms with Crippen LogP contribution in [0.1, 0.15) is 23.6 Å². The first kappa shape index (κ1) is 18.9. The van der Waals surface area contributed by atoms with Gasteiger partial charge in [-0.05, 0) is 43.5 Å². The van der Waals surface area contributed by atoms with Crippen LogP contribution in [0.15, 0.2) is 42.5 Å². The average Bonchev–Trinajstić information content (AvgIpc) is 2.83. The van der Waals surface area contributed by atoms with E-state index in [1.54, 1.807) is 37.3 Å². The van der Waals surface area contributed by atoms with Gasteiger partial charge in [-0.2, -0.15) is 0 Å². The highest BCUT2D eigenvalue weighted by atomic mass is 35.5. The number of rotatable bonds is 4. The minimum atomic E-state index is -1.20. The van der Waals surface area contributed by atoms with Crippen LogP contribution in [0.2, 0.25) is 5.02 Å². The van der Waals surface area contributed by atoms with Gasteiger partial charge in [0.1, 0.15) is 12.1 Å². The van der Waals surface area contributed by atoms with Gasteiger partial charge in [0.15, 0.2) is 0 Å². The zero-order chi connectivity index (χ0) is 19.8. The number of nitrogens with one attached hydrogen (secondary N) is 2.